The fourth-order valence-electron chi connectivity index (χ4n) is 3.25. The van der Waals surface area contributed by atoms with E-state index in [1.807, 2.05) is 30.3 Å². The van der Waals surface area contributed by atoms with E-state index in [1.54, 1.807) is 19.5 Å². The highest BCUT2D eigenvalue weighted by Crippen LogP contribution is 2.29. The summed E-state index contributed by atoms with van der Waals surface area (Å²) in [5.74, 6) is 1.25. The molecule has 1 N–H and O–H groups in total. The molecule has 0 radical (unpaired) electrons. The predicted octanol–water partition coefficient (Wildman–Crippen LogP) is 3.40. The van der Waals surface area contributed by atoms with E-state index in [0.717, 1.165) is 11.1 Å². The second-order valence-corrected chi connectivity index (χ2v) is 6.85. The maximum atomic E-state index is 12.5. The predicted molar refractivity (Wildman–Crippen MR) is 99.3 cm³/mol. The number of alkyl halides is 3. The molecular formula is C20H24F3N3O2. The summed E-state index contributed by atoms with van der Waals surface area (Å²) in [5, 5.41) is 3.34. The Morgan fingerprint density at radius 2 is 2.07 bits per heavy atom. The lowest BCUT2D eigenvalue weighted by atomic mass is 10.1. The number of hydrogen-bond donors (Lipinski definition) is 1. The number of pyridine rings is 1. The molecule has 2 aromatic rings. The van der Waals surface area contributed by atoms with Crippen molar-refractivity contribution in [2.75, 3.05) is 26.7 Å². The molecule has 152 valence electrons. The molecule has 1 aromatic heterocycles. The Hall–Kier alpha value is -2.32. The maximum absolute atomic E-state index is 12.5. The molecule has 0 bridgehead atoms. The normalized spacial score (nSPS) is 17.6. The van der Waals surface area contributed by atoms with Gasteiger partial charge in [0.2, 0.25) is 0 Å². The first kappa shape index (κ1) is 20.4. The van der Waals surface area contributed by atoms with Gasteiger partial charge >= 0.3 is 6.18 Å². The van der Waals surface area contributed by atoms with Gasteiger partial charge < -0.3 is 14.8 Å². The fraction of sp³-hybridized carbons (Fsp3) is 0.450. The number of aromatic nitrogens is 1. The van der Waals surface area contributed by atoms with E-state index in [-0.39, 0.29) is 6.04 Å². The molecule has 3 rings (SSSR count). The van der Waals surface area contributed by atoms with Gasteiger partial charge in [0.05, 0.1) is 13.7 Å². The summed E-state index contributed by atoms with van der Waals surface area (Å²) in [4.78, 5) is 5.50. The lowest BCUT2D eigenvalue weighted by molar-refractivity contribution is -0.143. The molecule has 0 amide bonds. The Balaban J connectivity index is 1.54. The summed E-state index contributed by atoms with van der Waals surface area (Å²) in [5.41, 5.74) is 1.93. The summed E-state index contributed by atoms with van der Waals surface area (Å²) < 4.78 is 48.7. The molecule has 2 heterocycles. The van der Waals surface area contributed by atoms with Gasteiger partial charge in [0, 0.05) is 43.6 Å². The number of ether oxygens (including phenoxy) is 2. The minimum Gasteiger partial charge on any atom is -0.493 e. The molecule has 0 aliphatic carbocycles. The van der Waals surface area contributed by atoms with Gasteiger partial charge in [-0.1, -0.05) is 12.1 Å². The van der Waals surface area contributed by atoms with Crippen LogP contribution in [0.15, 0.2) is 42.7 Å². The van der Waals surface area contributed by atoms with Crippen molar-refractivity contribution < 1.29 is 22.6 Å². The average Bonchev–Trinajstić information content (AvgIpc) is 3.11. The third-order valence-corrected chi connectivity index (χ3v) is 4.62. The number of rotatable bonds is 8. The van der Waals surface area contributed by atoms with Gasteiger partial charge in [-0.2, -0.15) is 13.2 Å². The van der Waals surface area contributed by atoms with Crippen LogP contribution in [0.1, 0.15) is 17.5 Å². The third-order valence-electron chi connectivity index (χ3n) is 4.62. The van der Waals surface area contributed by atoms with Crippen LogP contribution in [0.25, 0.3) is 0 Å². The van der Waals surface area contributed by atoms with E-state index >= 15 is 0 Å². The number of nitrogens with one attached hydrogen (secondary N) is 1. The first-order chi connectivity index (χ1) is 13.4. The van der Waals surface area contributed by atoms with E-state index in [0.29, 0.717) is 44.2 Å². The number of hydrogen-bond acceptors (Lipinski definition) is 5. The van der Waals surface area contributed by atoms with Crippen LogP contribution in [0.3, 0.4) is 0 Å². The van der Waals surface area contributed by atoms with Gasteiger partial charge in [-0.25, -0.2) is 0 Å². The van der Waals surface area contributed by atoms with E-state index in [9.17, 15) is 13.2 Å². The molecule has 0 spiro atoms. The molecule has 1 saturated heterocycles. The Morgan fingerprint density at radius 1 is 1.21 bits per heavy atom. The molecule has 1 aliphatic rings. The van der Waals surface area contributed by atoms with Crippen molar-refractivity contribution in [1.29, 1.82) is 0 Å². The average molecular weight is 395 g/mol. The van der Waals surface area contributed by atoms with Crippen LogP contribution in [0, 0.1) is 0 Å². The fourth-order valence-corrected chi connectivity index (χ4v) is 3.25. The van der Waals surface area contributed by atoms with Crippen LogP contribution in [0.4, 0.5) is 13.2 Å². The quantitative estimate of drug-likeness (QED) is 0.743. The SMILES string of the molecule is COc1ccc(CN[C@@H]2CCN(CC(F)(F)F)C2)cc1OCc1cccnc1. The topological polar surface area (TPSA) is 46.6 Å². The standard InChI is InChI=1S/C20H24F3N3O2/c1-27-18-5-4-15(9-19(18)28-13-16-3-2-7-24-10-16)11-25-17-6-8-26(12-17)14-20(21,22)23/h2-5,7,9-10,17,25H,6,8,11-14H2,1H3/t17-/m1/s1. The Labute approximate surface area is 162 Å². The van der Waals surface area contributed by atoms with Gasteiger partial charge in [-0.3, -0.25) is 9.88 Å². The van der Waals surface area contributed by atoms with Gasteiger partial charge in [-0.05, 0) is 30.2 Å². The van der Waals surface area contributed by atoms with Crippen molar-refractivity contribution in [3.05, 3.63) is 53.9 Å². The third kappa shape index (κ3) is 6.10. The smallest absolute Gasteiger partial charge is 0.401 e. The Morgan fingerprint density at radius 3 is 2.79 bits per heavy atom. The lowest BCUT2D eigenvalue weighted by Crippen LogP contribution is -2.36. The summed E-state index contributed by atoms with van der Waals surface area (Å²) in [6.07, 6.45) is 0.00188. The van der Waals surface area contributed by atoms with Crippen molar-refractivity contribution in [3.63, 3.8) is 0 Å². The number of methoxy groups -OCH3 is 1. The summed E-state index contributed by atoms with van der Waals surface area (Å²) in [6, 6.07) is 9.47. The van der Waals surface area contributed by atoms with Crippen molar-refractivity contribution in [1.82, 2.24) is 15.2 Å². The molecule has 1 aliphatic heterocycles. The Bertz CT molecular complexity index is 756. The summed E-state index contributed by atoms with van der Waals surface area (Å²) >= 11 is 0. The number of benzene rings is 1. The molecule has 1 aromatic carbocycles. The van der Waals surface area contributed by atoms with Crippen molar-refractivity contribution in [2.45, 2.75) is 31.8 Å². The van der Waals surface area contributed by atoms with E-state index in [1.165, 1.54) is 4.90 Å². The van der Waals surface area contributed by atoms with Gasteiger partial charge in [0.15, 0.2) is 11.5 Å². The second-order valence-electron chi connectivity index (χ2n) is 6.85. The Kier molecular flexibility index (Phi) is 6.74. The first-order valence-corrected chi connectivity index (χ1v) is 9.14. The van der Waals surface area contributed by atoms with E-state index in [4.69, 9.17) is 9.47 Å². The van der Waals surface area contributed by atoms with E-state index < -0.39 is 12.7 Å². The zero-order valence-electron chi connectivity index (χ0n) is 15.7. The zero-order chi connectivity index (χ0) is 20.0. The van der Waals surface area contributed by atoms with Crippen LogP contribution >= 0.6 is 0 Å². The number of likely N-dealkylation sites (tertiary alicyclic amines) is 1. The van der Waals surface area contributed by atoms with Crippen LogP contribution < -0.4 is 14.8 Å². The number of nitrogens with zero attached hydrogens (tertiary/aromatic N) is 2. The molecule has 0 saturated carbocycles. The number of halogens is 3. The minimum atomic E-state index is -4.15. The summed E-state index contributed by atoms with van der Waals surface area (Å²) in [7, 11) is 1.58. The highest BCUT2D eigenvalue weighted by molar-refractivity contribution is 5.43. The molecule has 0 unspecified atom stereocenters. The second kappa shape index (κ2) is 9.25. The first-order valence-electron chi connectivity index (χ1n) is 9.14. The largest absolute Gasteiger partial charge is 0.493 e. The lowest BCUT2D eigenvalue weighted by Gasteiger charge is -2.18. The van der Waals surface area contributed by atoms with Crippen LogP contribution in [0.5, 0.6) is 11.5 Å². The van der Waals surface area contributed by atoms with Crippen LogP contribution in [-0.4, -0.2) is 48.8 Å². The highest BCUT2D eigenvalue weighted by atomic mass is 19.4. The van der Waals surface area contributed by atoms with Crippen LogP contribution in [-0.2, 0) is 13.2 Å². The monoisotopic (exact) mass is 395 g/mol. The highest BCUT2D eigenvalue weighted by Gasteiger charge is 2.34. The minimum absolute atomic E-state index is 0.0456. The summed E-state index contributed by atoms with van der Waals surface area (Å²) in [6.45, 7) is 0.938. The maximum Gasteiger partial charge on any atom is 0.401 e. The molecule has 8 heteroatoms. The molecule has 1 atom stereocenters. The van der Waals surface area contributed by atoms with Crippen molar-refractivity contribution in [3.8, 4) is 11.5 Å². The van der Waals surface area contributed by atoms with Crippen molar-refractivity contribution >= 4 is 0 Å². The van der Waals surface area contributed by atoms with Gasteiger partial charge in [0.25, 0.3) is 0 Å². The molecular weight excluding hydrogens is 371 g/mol. The molecule has 1 fully saturated rings. The van der Waals surface area contributed by atoms with Gasteiger partial charge in [0.1, 0.15) is 6.61 Å². The molecule has 28 heavy (non-hydrogen) atoms. The zero-order valence-corrected chi connectivity index (χ0v) is 15.7. The van der Waals surface area contributed by atoms with Crippen molar-refractivity contribution in [2.24, 2.45) is 0 Å². The molecule has 5 nitrogen and oxygen atoms in total. The van der Waals surface area contributed by atoms with Crippen LogP contribution in [0.2, 0.25) is 0 Å². The van der Waals surface area contributed by atoms with E-state index in [2.05, 4.69) is 10.3 Å². The van der Waals surface area contributed by atoms with Gasteiger partial charge in [-0.15, -0.1) is 0 Å².